The van der Waals surface area contributed by atoms with Gasteiger partial charge in [-0.05, 0) is 15.9 Å². The van der Waals surface area contributed by atoms with Gasteiger partial charge in [0, 0.05) is 6.07 Å². The predicted molar refractivity (Wildman–Crippen MR) is 56.9 cm³/mol. The molecule has 1 aromatic rings. The van der Waals surface area contributed by atoms with Gasteiger partial charge in [-0.15, -0.1) is 0 Å². The summed E-state index contributed by atoms with van der Waals surface area (Å²) in [5.41, 5.74) is 4.74. The smallest absolute Gasteiger partial charge is 0.325 e. The average molecular weight is 294 g/mol. The SMILES string of the molecule is COc1cc(Br)c(F)c([C@H](N)C(=O)O)c1O. The van der Waals surface area contributed by atoms with Crippen molar-refractivity contribution in [1.29, 1.82) is 0 Å². The maximum absolute atomic E-state index is 13.6. The molecule has 0 aromatic heterocycles. The van der Waals surface area contributed by atoms with Crippen LogP contribution in [0.3, 0.4) is 0 Å². The number of phenolic OH excluding ortho intramolecular Hbond substituents is 1. The quantitative estimate of drug-likeness (QED) is 0.783. The third kappa shape index (κ3) is 2.10. The number of methoxy groups -OCH3 is 1. The Labute approximate surface area is 98.8 Å². The molecule has 0 saturated heterocycles. The number of benzene rings is 1. The zero-order chi connectivity index (χ0) is 12.5. The highest BCUT2D eigenvalue weighted by Gasteiger charge is 2.26. The monoisotopic (exact) mass is 293 g/mol. The molecule has 0 saturated carbocycles. The Balaban J connectivity index is 3.47. The van der Waals surface area contributed by atoms with Crippen molar-refractivity contribution in [3.05, 3.63) is 21.9 Å². The fraction of sp³-hybridized carbons (Fsp3) is 0.222. The van der Waals surface area contributed by atoms with E-state index in [0.29, 0.717) is 0 Å². The van der Waals surface area contributed by atoms with E-state index < -0.39 is 29.1 Å². The molecule has 4 N–H and O–H groups in total. The van der Waals surface area contributed by atoms with Gasteiger partial charge in [0.1, 0.15) is 11.9 Å². The predicted octanol–water partition coefficient (Wildman–Crippen LogP) is 1.39. The maximum atomic E-state index is 13.6. The van der Waals surface area contributed by atoms with E-state index in [1.54, 1.807) is 0 Å². The second-order valence-electron chi connectivity index (χ2n) is 2.95. The Morgan fingerprint density at radius 3 is 2.69 bits per heavy atom. The van der Waals surface area contributed by atoms with Gasteiger partial charge in [-0.1, -0.05) is 0 Å². The summed E-state index contributed by atoms with van der Waals surface area (Å²) in [6.07, 6.45) is 0. The summed E-state index contributed by atoms with van der Waals surface area (Å²) >= 11 is 2.87. The summed E-state index contributed by atoms with van der Waals surface area (Å²) in [5, 5.41) is 18.3. The molecule has 16 heavy (non-hydrogen) atoms. The molecule has 0 bridgehead atoms. The molecular weight excluding hydrogens is 285 g/mol. The molecule has 0 spiro atoms. The maximum Gasteiger partial charge on any atom is 0.325 e. The number of carboxylic acids is 1. The minimum absolute atomic E-state index is 0.0335. The lowest BCUT2D eigenvalue weighted by molar-refractivity contribution is -0.138. The number of halogens is 2. The van der Waals surface area contributed by atoms with Gasteiger partial charge in [0.15, 0.2) is 11.5 Å². The Bertz CT molecular complexity index is 438. The molecule has 7 heteroatoms. The fourth-order valence-electron chi connectivity index (χ4n) is 1.18. The van der Waals surface area contributed by atoms with Crippen molar-refractivity contribution in [2.24, 2.45) is 5.73 Å². The van der Waals surface area contributed by atoms with E-state index in [1.807, 2.05) is 0 Å². The van der Waals surface area contributed by atoms with Crippen LogP contribution in [0.2, 0.25) is 0 Å². The summed E-state index contributed by atoms with van der Waals surface area (Å²) < 4.78 is 18.3. The first-order valence-corrected chi connectivity index (χ1v) is 4.92. The molecule has 0 unspecified atom stereocenters. The van der Waals surface area contributed by atoms with E-state index >= 15 is 0 Å². The van der Waals surface area contributed by atoms with Crippen LogP contribution in [0.5, 0.6) is 11.5 Å². The third-order valence-corrected chi connectivity index (χ3v) is 2.57. The molecule has 88 valence electrons. The van der Waals surface area contributed by atoms with Gasteiger partial charge in [0.2, 0.25) is 0 Å². The normalized spacial score (nSPS) is 12.2. The number of hydrogen-bond acceptors (Lipinski definition) is 4. The topological polar surface area (TPSA) is 92.8 Å². The Hall–Kier alpha value is -1.34. The number of aliphatic carboxylic acids is 1. The molecule has 0 aliphatic heterocycles. The molecule has 0 fully saturated rings. The second-order valence-corrected chi connectivity index (χ2v) is 3.81. The minimum Gasteiger partial charge on any atom is -0.504 e. The number of carboxylic acid groups (broad SMARTS) is 1. The Morgan fingerprint density at radius 1 is 1.69 bits per heavy atom. The van der Waals surface area contributed by atoms with Crippen LogP contribution in [0.1, 0.15) is 11.6 Å². The average Bonchev–Trinajstić information content (AvgIpc) is 2.23. The van der Waals surface area contributed by atoms with Crippen LogP contribution in [0.15, 0.2) is 10.5 Å². The number of phenols is 1. The third-order valence-electron chi connectivity index (χ3n) is 1.99. The molecule has 0 aliphatic carbocycles. The summed E-state index contributed by atoms with van der Waals surface area (Å²) in [4.78, 5) is 10.7. The Kier molecular flexibility index (Phi) is 3.71. The van der Waals surface area contributed by atoms with Gasteiger partial charge >= 0.3 is 5.97 Å². The fourth-order valence-corrected chi connectivity index (χ4v) is 1.60. The van der Waals surface area contributed by atoms with E-state index in [1.165, 1.54) is 13.2 Å². The molecule has 0 radical (unpaired) electrons. The number of nitrogens with two attached hydrogens (primary N) is 1. The van der Waals surface area contributed by atoms with Crippen molar-refractivity contribution in [3.8, 4) is 11.5 Å². The number of ether oxygens (including phenoxy) is 1. The van der Waals surface area contributed by atoms with Gasteiger partial charge < -0.3 is 20.7 Å². The summed E-state index contributed by atoms with van der Waals surface area (Å²) in [6.45, 7) is 0. The molecule has 1 aromatic carbocycles. The lowest BCUT2D eigenvalue weighted by Crippen LogP contribution is -2.22. The van der Waals surface area contributed by atoms with Gasteiger partial charge in [0.05, 0.1) is 17.1 Å². The van der Waals surface area contributed by atoms with Crippen LogP contribution in [-0.4, -0.2) is 23.3 Å². The highest BCUT2D eigenvalue weighted by atomic mass is 79.9. The summed E-state index contributed by atoms with van der Waals surface area (Å²) in [7, 11) is 1.26. The van der Waals surface area contributed by atoms with Crippen molar-refractivity contribution in [2.45, 2.75) is 6.04 Å². The number of hydrogen-bond donors (Lipinski definition) is 3. The molecule has 0 amide bonds. The van der Waals surface area contributed by atoms with Gasteiger partial charge in [-0.2, -0.15) is 0 Å². The molecule has 5 nitrogen and oxygen atoms in total. The van der Waals surface area contributed by atoms with Crippen LogP contribution in [0.25, 0.3) is 0 Å². The first kappa shape index (κ1) is 12.7. The second kappa shape index (κ2) is 4.67. The molecule has 1 atom stereocenters. The first-order valence-electron chi connectivity index (χ1n) is 4.13. The lowest BCUT2D eigenvalue weighted by atomic mass is 10.1. The first-order chi connectivity index (χ1) is 7.40. The number of aromatic hydroxyl groups is 1. The highest BCUT2D eigenvalue weighted by molar-refractivity contribution is 9.10. The van der Waals surface area contributed by atoms with Gasteiger partial charge in [-0.3, -0.25) is 4.79 Å². The molecule has 0 heterocycles. The van der Waals surface area contributed by atoms with Gasteiger partial charge in [0.25, 0.3) is 0 Å². The Morgan fingerprint density at radius 2 is 2.25 bits per heavy atom. The van der Waals surface area contributed by atoms with Crippen LogP contribution < -0.4 is 10.5 Å². The van der Waals surface area contributed by atoms with Crippen LogP contribution >= 0.6 is 15.9 Å². The van der Waals surface area contributed by atoms with Crippen molar-refractivity contribution >= 4 is 21.9 Å². The largest absolute Gasteiger partial charge is 0.504 e. The highest BCUT2D eigenvalue weighted by Crippen LogP contribution is 2.39. The standard InChI is InChI=1S/C9H9BrFNO4/c1-16-4-2-3(10)6(11)5(8(4)13)7(12)9(14)15/h2,7,13H,12H2,1H3,(H,14,15)/t7-/m0/s1. The molecular formula is C9H9BrFNO4. The van der Waals surface area contributed by atoms with E-state index in [-0.39, 0.29) is 10.2 Å². The number of carbonyl (C=O) groups is 1. The van der Waals surface area contributed by atoms with Crippen LogP contribution in [-0.2, 0) is 4.79 Å². The zero-order valence-electron chi connectivity index (χ0n) is 8.20. The summed E-state index contributed by atoms with van der Waals surface area (Å²) in [6, 6.07) is -0.477. The minimum atomic E-state index is -1.66. The van der Waals surface area contributed by atoms with Crippen LogP contribution in [0, 0.1) is 5.82 Å². The van der Waals surface area contributed by atoms with E-state index in [2.05, 4.69) is 15.9 Å². The van der Waals surface area contributed by atoms with Crippen LogP contribution in [0.4, 0.5) is 4.39 Å². The lowest BCUT2D eigenvalue weighted by Gasteiger charge is -2.14. The molecule has 0 aliphatic rings. The zero-order valence-corrected chi connectivity index (χ0v) is 9.78. The number of rotatable bonds is 3. The van der Waals surface area contributed by atoms with E-state index in [4.69, 9.17) is 15.6 Å². The van der Waals surface area contributed by atoms with Crippen molar-refractivity contribution in [2.75, 3.05) is 7.11 Å². The van der Waals surface area contributed by atoms with Gasteiger partial charge in [-0.25, -0.2) is 4.39 Å². The summed E-state index contributed by atoms with van der Waals surface area (Å²) in [5.74, 6) is -3.04. The molecule has 1 rings (SSSR count). The van der Waals surface area contributed by atoms with Crippen molar-refractivity contribution < 1.29 is 24.1 Å². The van der Waals surface area contributed by atoms with Crippen molar-refractivity contribution in [3.63, 3.8) is 0 Å². The van der Waals surface area contributed by atoms with Crippen molar-refractivity contribution in [1.82, 2.24) is 0 Å². The van der Waals surface area contributed by atoms with E-state index in [9.17, 15) is 14.3 Å². The van der Waals surface area contributed by atoms with E-state index in [0.717, 1.165) is 0 Å².